The molecule has 1 heterocycles. The summed E-state index contributed by atoms with van der Waals surface area (Å²) >= 11 is 9.79. The molecular weight excluding hydrogens is 180 g/mol. The molecule has 0 atom stereocenters. The zero-order valence-electron chi connectivity index (χ0n) is 6.20. The highest BCUT2D eigenvalue weighted by molar-refractivity contribution is 7.80. The number of thiol groups is 1. The van der Waals surface area contributed by atoms with Gasteiger partial charge in [0.05, 0.1) is 11.2 Å². The van der Waals surface area contributed by atoms with Crippen molar-refractivity contribution in [3.63, 3.8) is 0 Å². The van der Waals surface area contributed by atoms with Crippen molar-refractivity contribution >= 4 is 24.2 Å². The van der Waals surface area contributed by atoms with E-state index >= 15 is 0 Å². The maximum absolute atomic E-state index is 5.67. The smallest absolute Gasteiger partial charge is 0.0785 e. The van der Waals surface area contributed by atoms with Crippen LogP contribution in [-0.2, 0) is 6.54 Å². The number of unbranched alkanes of at least 4 members (excludes halogenated alkanes) is 1. The molecule has 0 aliphatic rings. The molecule has 0 radical (unpaired) electrons. The first-order chi connectivity index (χ1) is 5.33. The Labute approximate surface area is 77.0 Å². The van der Waals surface area contributed by atoms with Gasteiger partial charge >= 0.3 is 0 Å². The van der Waals surface area contributed by atoms with E-state index in [0.29, 0.717) is 5.02 Å². The molecule has 0 aliphatic carbocycles. The lowest BCUT2D eigenvalue weighted by Gasteiger charge is -1.97. The van der Waals surface area contributed by atoms with Gasteiger partial charge in [-0.05, 0) is 18.6 Å². The second-order valence-corrected chi connectivity index (χ2v) is 3.24. The maximum atomic E-state index is 5.67. The Morgan fingerprint density at radius 3 is 2.91 bits per heavy atom. The van der Waals surface area contributed by atoms with Gasteiger partial charge < -0.3 is 0 Å². The van der Waals surface area contributed by atoms with Crippen LogP contribution in [0.3, 0.4) is 0 Å². The first kappa shape index (κ1) is 8.94. The molecule has 0 unspecified atom stereocenters. The molecule has 1 rings (SSSR count). The highest BCUT2D eigenvalue weighted by Crippen LogP contribution is 2.05. The summed E-state index contributed by atoms with van der Waals surface area (Å²) in [6.45, 7) is 0.938. The molecule has 0 aromatic carbocycles. The van der Waals surface area contributed by atoms with Gasteiger partial charge in [0.15, 0.2) is 0 Å². The first-order valence-corrected chi connectivity index (χ1v) is 4.63. The number of aryl methyl sites for hydroxylation is 1. The van der Waals surface area contributed by atoms with Crippen LogP contribution in [0.15, 0.2) is 12.4 Å². The van der Waals surface area contributed by atoms with Crippen LogP contribution in [0.2, 0.25) is 5.02 Å². The van der Waals surface area contributed by atoms with E-state index in [4.69, 9.17) is 11.6 Å². The predicted octanol–water partition coefficient (Wildman–Crippen LogP) is 2.25. The van der Waals surface area contributed by atoms with Crippen molar-refractivity contribution in [2.45, 2.75) is 19.4 Å². The van der Waals surface area contributed by atoms with Crippen molar-refractivity contribution in [2.75, 3.05) is 5.75 Å². The van der Waals surface area contributed by atoms with Crippen LogP contribution < -0.4 is 0 Å². The van der Waals surface area contributed by atoms with Gasteiger partial charge in [0, 0.05) is 12.7 Å². The third-order valence-corrected chi connectivity index (χ3v) is 1.91. The molecular formula is C7H11ClN2S. The van der Waals surface area contributed by atoms with Gasteiger partial charge in [-0.2, -0.15) is 17.7 Å². The molecule has 11 heavy (non-hydrogen) atoms. The monoisotopic (exact) mass is 190 g/mol. The molecule has 0 fully saturated rings. The largest absolute Gasteiger partial charge is 0.271 e. The Bertz CT molecular complexity index is 212. The van der Waals surface area contributed by atoms with Gasteiger partial charge in [-0.15, -0.1) is 0 Å². The molecule has 1 aromatic rings. The second-order valence-electron chi connectivity index (χ2n) is 2.35. The molecule has 2 nitrogen and oxygen atoms in total. The number of rotatable bonds is 4. The number of aromatic nitrogens is 2. The molecule has 0 saturated heterocycles. The van der Waals surface area contributed by atoms with E-state index < -0.39 is 0 Å². The zero-order valence-corrected chi connectivity index (χ0v) is 7.85. The van der Waals surface area contributed by atoms with E-state index in [1.807, 2.05) is 10.9 Å². The van der Waals surface area contributed by atoms with Crippen LogP contribution in [-0.4, -0.2) is 15.5 Å². The summed E-state index contributed by atoms with van der Waals surface area (Å²) in [6, 6.07) is 0. The van der Waals surface area contributed by atoms with Gasteiger partial charge in [0.1, 0.15) is 0 Å². The fraction of sp³-hybridized carbons (Fsp3) is 0.571. The van der Waals surface area contributed by atoms with Crippen molar-refractivity contribution in [1.29, 1.82) is 0 Å². The van der Waals surface area contributed by atoms with Crippen LogP contribution >= 0.6 is 24.2 Å². The van der Waals surface area contributed by atoms with Gasteiger partial charge in [-0.3, -0.25) is 4.68 Å². The summed E-state index contributed by atoms with van der Waals surface area (Å²) in [4.78, 5) is 0. The minimum absolute atomic E-state index is 0.705. The van der Waals surface area contributed by atoms with E-state index in [9.17, 15) is 0 Å². The average molecular weight is 191 g/mol. The summed E-state index contributed by atoms with van der Waals surface area (Å²) in [5.74, 6) is 0.939. The van der Waals surface area contributed by atoms with Gasteiger partial charge in [-0.25, -0.2) is 0 Å². The molecule has 4 heteroatoms. The Morgan fingerprint density at radius 1 is 1.55 bits per heavy atom. The normalized spacial score (nSPS) is 10.4. The highest BCUT2D eigenvalue weighted by Gasteiger charge is 1.93. The Hall–Kier alpha value is -0.150. The number of halogens is 1. The number of hydrogen-bond donors (Lipinski definition) is 1. The van der Waals surface area contributed by atoms with Crippen LogP contribution in [0.1, 0.15) is 12.8 Å². The van der Waals surface area contributed by atoms with Gasteiger partial charge in [0.2, 0.25) is 0 Å². The summed E-state index contributed by atoms with van der Waals surface area (Å²) in [7, 11) is 0. The van der Waals surface area contributed by atoms with Gasteiger partial charge in [0.25, 0.3) is 0 Å². The van der Waals surface area contributed by atoms with Crippen molar-refractivity contribution in [2.24, 2.45) is 0 Å². The van der Waals surface area contributed by atoms with E-state index in [1.54, 1.807) is 6.20 Å². The average Bonchev–Trinajstić information content (AvgIpc) is 2.37. The molecule has 0 aliphatic heterocycles. The van der Waals surface area contributed by atoms with E-state index in [2.05, 4.69) is 17.7 Å². The fourth-order valence-corrected chi connectivity index (χ4v) is 1.23. The number of hydrogen-bond acceptors (Lipinski definition) is 2. The molecule has 0 bridgehead atoms. The number of nitrogens with zero attached hydrogens (tertiary/aromatic N) is 2. The molecule has 0 spiro atoms. The van der Waals surface area contributed by atoms with E-state index in [-0.39, 0.29) is 0 Å². The topological polar surface area (TPSA) is 17.8 Å². The van der Waals surface area contributed by atoms with E-state index in [0.717, 1.165) is 25.1 Å². The second kappa shape index (κ2) is 4.67. The van der Waals surface area contributed by atoms with Crippen molar-refractivity contribution in [1.82, 2.24) is 9.78 Å². The molecule has 0 saturated carbocycles. The molecule has 0 N–H and O–H groups in total. The fourth-order valence-electron chi connectivity index (χ4n) is 0.846. The standard InChI is InChI=1S/C7H11ClN2S/c8-7-5-9-10(6-7)3-1-2-4-11/h5-6,11H,1-4H2. The SMILES string of the molecule is SCCCCn1cc(Cl)cn1. The molecule has 1 aromatic heterocycles. The summed E-state index contributed by atoms with van der Waals surface area (Å²) in [5.41, 5.74) is 0. The molecule has 62 valence electrons. The quantitative estimate of drug-likeness (QED) is 0.570. The van der Waals surface area contributed by atoms with Crippen LogP contribution in [0.4, 0.5) is 0 Å². The molecule has 0 amide bonds. The zero-order chi connectivity index (χ0) is 8.10. The van der Waals surface area contributed by atoms with Crippen LogP contribution in [0.5, 0.6) is 0 Å². The summed E-state index contributed by atoms with van der Waals surface area (Å²) in [5, 5.41) is 4.75. The predicted molar refractivity (Wildman–Crippen MR) is 50.3 cm³/mol. The lowest BCUT2D eigenvalue weighted by atomic mass is 10.3. The van der Waals surface area contributed by atoms with Crippen LogP contribution in [0.25, 0.3) is 0 Å². The Kier molecular flexibility index (Phi) is 3.80. The van der Waals surface area contributed by atoms with Gasteiger partial charge in [-0.1, -0.05) is 11.6 Å². The Balaban J connectivity index is 2.27. The highest BCUT2D eigenvalue weighted by atomic mass is 35.5. The lowest BCUT2D eigenvalue weighted by molar-refractivity contribution is 0.574. The van der Waals surface area contributed by atoms with Crippen LogP contribution in [0, 0.1) is 0 Å². The lowest BCUT2D eigenvalue weighted by Crippen LogP contribution is -1.97. The summed E-state index contributed by atoms with van der Waals surface area (Å²) in [6.07, 6.45) is 5.73. The minimum atomic E-state index is 0.705. The van der Waals surface area contributed by atoms with Crippen molar-refractivity contribution < 1.29 is 0 Å². The third-order valence-electron chi connectivity index (χ3n) is 1.40. The maximum Gasteiger partial charge on any atom is 0.0785 e. The summed E-state index contributed by atoms with van der Waals surface area (Å²) < 4.78 is 1.85. The first-order valence-electron chi connectivity index (χ1n) is 3.62. The van der Waals surface area contributed by atoms with Crippen molar-refractivity contribution in [3.05, 3.63) is 17.4 Å². The van der Waals surface area contributed by atoms with E-state index in [1.165, 1.54) is 0 Å². The third kappa shape index (κ3) is 3.16. The Morgan fingerprint density at radius 2 is 2.36 bits per heavy atom. The van der Waals surface area contributed by atoms with Crippen molar-refractivity contribution in [3.8, 4) is 0 Å². The minimum Gasteiger partial charge on any atom is -0.271 e.